The van der Waals surface area contributed by atoms with Crippen LogP contribution in [0.3, 0.4) is 0 Å². The average molecular weight is 316 g/mol. The fourth-order valence-electron chi connectivity index (χ4n) is 1.66. The monoisotopic (exact) mass is 315 g/mol. The maximum absolute atomic E-state index is 6.11. The molecular formula is C13H15Cl2N3S. The van der Waals surface area contributed by atoms with Crippen molar-refractivity contribution in [1.29, 1.82) is 0 Å². The van der Waals surface area contributed by atoms with Gasteiger partial charge in [-0.25, -0.2) is 4.98 Å². The molecule has 2 aromatic heterocycles. The lowest BCUT2D eigenvalue weighted by molar-refractivity contribution is 0.587. The van der Waals surface area contributed by atoms with Crippen molar-refractivity contribution >= 4 is 35.0 Å². The van der Waals surface area contributed by atoms with Gasteiger partial charge in [0.1, 0.15) is 0 Å². The van der Waals surface area contributed by atoms with Crippen molar-refractivity contribution in [2.45, 2.75) is 42.2 Å². The number of unbranched alkanes of at least 4 members (excludes halogenated alkanes) is 1. The molecular weight excluding hydrogens is 301 g/mol. The summed E-state index contributed by atoms with van der Waals surface area (Å²) >= 11 is 13.6. The van der Waals surface area contributed by atoms with Crippen molar-refractivity contribution in [2.24, 2.45) is 0 Å². The van der Waals surface area contributed by atoms with Crippen LogP contribution in [0.2, 0.25) is 5.02 Å². The molecule has 0 spiro atoms. The van der Waals surface area contributed by atoms with Gasteiger partial charge in [0.25, 0.3) is 0 Å². The van der Waals surface area contributed by atoms with Crippen LogP contribution in [0.5, 0.6) is 0 Å². The maximum atomic E-state index is 6.11. The van der Waals surface area contributed by atoms with E-state index < -0.39 is 0 Å². The minimum absolute atomic E-state index is 0.374. The first-order chi connectivity index (χ1) is 9.26. The molecule has 0 atom stereocenters. The van der Waals surface area contributed by atoms with Gasteiger partial charge in [0.15, 0.2) is 5.16 Å². The van der Waals surface area contributed by atoms with Gasteiger partial charge in [-0.15, -0.1) is 11.6 Å². The molecule has 6 heteroatoms. The third-order valence-corrected chi connectivity index (χ3v) is 4.42. The number of hydrogen-bond acceptors (Lipinski definition) is 3. The zero-order chi connectivity index (χ0) is 13.7. The second-order valence-corrected chi connectivity index (χ2v) is 5.77. The first kappa shape index (κ1) is 14.7. The molecule has 102 valence electrons. The molecule has 0 fully saturated rings. The molecule has 2 rings (SSSR count). The van der Waals surface area contributed by atoms with Crippen LogP contribution < -0.4 is 0 Å². The van der Waals surface area contributed by atoms with Crippen LogP contribution in [0.1, 0.15) is 25.3 Å². The molecule has 0 aliphatic carbocycles. The quantitative estimate of drug-likeness (QED) is 0.729. The Labute approximate surface area is 127 Å². The largest absolute Gasteiger partial charge is 0.326 e. The van der Waals surface area contributed by atoms with Crippen LogP contribution in [0.25, 0.3) is 0 Å². The Morgan fingerprint density at radius 3 is 2.95 bits per heavy atom. The number of alkyl halides is 1. The summed E-state index contributed by atoms with van der Waals surface area (Å²) in [6.07, 6.45) is 9.51. The summed E-state index contributed by atoms with van der Waals surface area (Å²) < 4.78 is 2.15. The predicted molar refractivity (Wildman–Crippen MR) is 80.1 cm³/mol. The maximum Gasteiger partial charge on any atom is 0.172 e. The first-order valence-electron chi connectivity index (χ1n) is 6.13. The number of aromatic nitrogens is 3. The summed E-state index contributed by atoms with van der Waals surface area (Å²) in [5, 5.41) is 1.55. The lowest BCUT2D eigenvalue weighted by Gasteiger charge is -2.09. The van der Waals surface area contributed by atoms with Gasteiger partial charge in [-0.05, 0) is 18.2 Å². The summed E-state index contributed by atoms with van der Waals surface area (Å²) in [7, 11) is 0. The van der Waals surface area contributed by atoms with Crippen molar-refractivity contribution < 1.29 is 0 Å². The molecule has 0 saturated carbocycles. The molecule has 2 heterocycles. The highest BCUT2D eigenvalue weighted by molar-refractivity contribution is 7.99. The highest BCUT2D eigenvalue weighted by atomic mass is 35.5. The average Bonchev–Trinajstić information content (AvgIpc) is 2.84. The Kier molecular flexibility index (Phi) is 5.55. The lowest BCUT2D eigenvalue weighted by atomic mass is 10.3. The molecule has 0 aliphatic heterocycles. The van der Waals surface area contributed by atoms with Gasteiger partial charge in [0.2, 0.25) is 0 Å². The highest BCUT2D eigenvalue weighted by Gasteiger charge is 2.11. The van der Waals surface area contributed by atoms with E-state index in [1.165, 1.54) is 0 Å². The highest BCUT2D eigenvalue weighted by Crippen LogP contribution is 2.33. The zero-order valence-corrected chi connectivity index (χ0v) is 13.0. The summed E-state index contributed by atoms with van der Waals surface area (Å²) in [5.41, 5.74) is 0.911. The summed E-state index contributed by atoms with van der Waals surface area (Å²) in [6, 6.07) is 0. The molecule has 0 aromatic carbocycles. The normalized spacial score (nSPS) is 10.9. The van der Waals surface area contributed by atoms with Crippen molar-refractivity contribution in [2.75, 3.05) is 0 Å². The number of hydrogen-bond donors (Lipinski definition) is 0. The number of imidazole rings is 1. The van der Waals surface area contributed by atoms with Gasteiger partial charge in [-0.2, -0.15) is 0 Å². The molecule has 0 amide bonds. The van der Waals surface area contributed by atoms with E-state index >= 15 is 0 Å². The van der Waals surface area contributed by atoms with E-state index in [-0.39, 0.29) is 0 Å². The van der Waals surface area contributed by atoms with Crippen LogP contribution in [0.15, 0.2) is 34.8 Å². The minimum atomic E-state index is 0.374. The number of aryl methyl sites for hydroxylation is 1. The van der Waals surface area contributed by atoms with Gasteiger partial charge in [-0.1, -0.05) is 24.9 Å². The third-order valence-electron chi connectivity index (χ3n) is 2.73. The van der Waals surface area contributed by atoms with Crippen molar-refractivity contribution in [3.63, 3.8) is 0 Å². The topological polar surface area (TPSA) is 30.7 Å². The molecule has 0 saturated heterocycles. The molecule has 0 bridgehead atoms. The van der Waals surface area contributed by atoms with Crippen LogP contribution in [0.4, 0.5) is 0 Å². The SMILES string of the molecule is CCCCn1ccnc1Sc1cncc(Cl)c1CCl. The lowest BCUT2D eigenvalue weighted by Crippen LogP contribution is -1.98. The predicted octanol–water partition coefficient (Wildman–Crippen LogP) is 4.62. The Bertz CT molecular complexity index is 542. The van der Waals surface area contributed by atoms with E-state index in [1.807, 2.05) is 12.4 Å². The molecule has 0 unspecified atom stereocenters. The fourth-order valence-corrected chi connectivity index (χ4v) is 3.37. The smallest absolute Gasteiger partial charge is 0.172 e. The molecule has 0 radical (unpaired) electrons. The van der Waals surface area contributed by atoms with Crippen LogP contribution in [0, 0.1) is 0 Å². The molecule has 19 heavy (non-hydrogen) atoms. The van der Waals surface area contributed by atoms with E-state index in [0.717, 1.165) is 35.0 Å². The fraction of sp³-hybridized carbons (Fsp3) is 0.385. The Hall–Kier alpha value is -0.710. The van der Waals surface area contributed by atoms with Crippen LogP contribution in [-0.4, -0.2) is 14.5 Å². The van der Waals surface area contributed by atoms with Gasteiger partial charge < -0.3 is 4.57 Å². The molecule has 3 nitrogen and oxygen atoms in total. The summed E-state index contributed by atoms with van der Waals surface area (Å²) in [5.74, 6) is 0.374. The van der Waals surface area contributed by atoms with E-state index in [9.17, 15) is 0 Å². The number of rotatable bonds is 6. The van der Waals surface area contributed by atoms with Crippen LogP contribution >= 0.6 is 35.0 Å². The van der Waals surface area contributed by atoms with Crippen LogP contribution in [-0.2, 0) is 12.4 Å². The van der Waals surface area contributed by atoms with E-state index in [0.29, 0.717) is 10.9 Å². The van der Waals surface area contributed by atoms with Crippen molar-refractivity contribution in [1.82, 2.24) is 14.5 Å². The molecule has 2 aromatic rings. The number of nitrogens with zero attached hydrogens (tertiary/aromatic N) is 3. The Balaban J connectivity index is 2.22. The minimum Gasteiger partial charge on any atom is -0.326 e. The Morgan fingerprint density at radius 2 is 2.21 bits per heavy atom. The summed E-state index contributed by atoms with van der Waals surface area (Å²) in [4.78, 5) is 9.46. The van der Waals surface area contributed by atoms with Crippen molar-refractivity contribution in [3.8, 4) is 0 Å². The van der Waals surface area contributed by atoms with Crippen molar-refractivity contribution in [3.05, 3.63) is 35.4 Å². The second kappa shape index (κ2) is 7.17. The second-order valence-electron chi connectivity index (χ2n) is 4.09. The van der Waals surface area contributed by atoms with Gasteiger partial charge >= 0.3 is 0 Å². The number of pyridine rings is 1. The van der Waals surface area contributed by atoms with E-state index in [2.05, 4.69) is 21.5 Å². The molecule has 0 aliphatic rings. The van der Waals surface area contributed by atoms with Gasteiger partial charge in [0.05, 0.1) is 10.9 Å². The van der Waals surface area contributed by atoms with E-state index in [4.69, 9.17) is 23.2 Å². The molecule has 0 N–H and O–H groups in total. The third kappa shape index (κ3) is 3.65. The van der Waals surface area contributed by atoms with Gasteiger partial charge in [0, 0.05) is 41.8 Å². The van der Waals surface area contributed by atoms with Gasteiger partial charge in [-0.3, -0.25) is 4.98 Å². The summed E-state index contributed by atoms with van der Waals surface area (Å²) in [6.45, 7) is 3.15. The standard InChI is InChI=1S/C13H15Cl2N3S/c1-2-3-5-18-6-4-17-13(18)19-12-9-16-8-11(15)10(12)7-14/h4,6,8-9H,2-3,5,7H2,1H3. The number of halogens is 2. The Morgan fingerprint density at radius 1 is 1.37 bits per heavy atom. The zero-order valence-electron chi connectivity index (χ0n) is 10.6. The first-order valence-corrected chi connectivity index (χ1v) is 7.86. The van der Waals surface area contributed by atoms with E-state index in [1.54, 1.807) is 24.2 Å².